The van der Waals surface area contributed by atoms with Gasteiger partial charge < -0.3 is 0 Å². The smallest absolute Gasteiger partial charge is 0.161 e. The molecule has 3 rings (SSSR count). The van der Waals surface area contributed by atoms with E-state index in [0.717, 1.165) is 5.56 Å². The van der Waals surface area contributed by atoms with Crippen LogP contribution in [0.2, 0.25) is 5.15 Å². The molecule has 0 bridgehead atoms. The molecule has 0 saturated heterocycles. The molecule has 0 fully saturated rings. The molecule has 5 heteroatoms. The summed E-state index contributed by atoms with van der Waals surface area (Å²) in [5.74, 6) is 0.439. The molecule has 90 valence electrons. The van der Waals surface area contributed by atoms with Crippen molar-refractivity contribution in [3.63, 3.8) is 0 Å². The molecule has 0 aliphatic carbocycles. The van der Waals surface area contributed by atoms with E-state index in [0.29, 0.717) is 23.0 Å². The SMILES string of the molecule is Fc1cccc(Cc2nnc3cccc(Cl)n23)c1. The maximum absolute atomic E-state index is 13.1. The largest absolute Gasteiger partial charge is 0.269 e. The van der Waals surface area contributed by atoms with Gasteiger partial charge in [-0.3, -0.25) is 4.40 Å². The zero-order chi connectivity index (χ0) is 12.5. The molecule has 0 amide bonds. The van der Waals surface area contributed by atoms with Crippen molar-refractivity contribution in [3.05, 3.63) is 64.8 Å². The van der Waals surface area contributed by atoms with Gasteiger partial charge >= 0.3 is 0 Å². The van der Waals surface area contributed by atoms with E-state index >= 15 is 0 Å². The number of nitrogens with zero attached hydrogens (tertiary/aromatic N) is 3. The van der Waals surface area contributed by atoms with Crippen molar-refractivity contribution in [2.24, 2.45) is 0 Å². The first-order valence-corrected chi connectivity index (χ1v) is 5.85. The monoisotopic (exact) mass is 261 g/mol. The van der Waals surface area contributed by atoms with Crippen LogP contribution in [0, 0.1) is 5.82 Å². The van der Waals surface area contributed by atoms with E-state index < -0.39 is 0 Å². The predicted octanol–water partition coefficient (Wildman–Crippen LogP) is 3.11. The lowest BCUT2D eigenvalue weighted by atomic mass is 10.1. The second kappa shape index (κ2) is 4.38. The van der Waals surface area contributed by atoms with Crippen LogP contribution in [0.25, 0.3) is 5.65 Å². The average Bonchev–Trinajstić information content (AvgIpc) is 2.74. The lowest BCUT2D eigenvalue weighted by molar-refractivity contribution is 0.625. The highest BCUT2D eigenvalue weighted by atomic mass is 35.5. The Hall–Kier alpha value is -1.94. The molecular weight excluding hydrogens is 253 g/mol. The average molecular weight is 262 g/mol. The first-order valence-electron chi connectivity index (χ1n) is 5.47. The molecule has 0 aliphatic rings. The summed E-state index contributed by atoms with van der Waals surface area (Å²) in [4.78, 5) is 0. The molecule has 0 unspecified atom stereocenters. The van der Waals surface area contributed by atoms with Crippen LogP contribution in [-0.2, 0) is 6.42 Å². The van der Waals surface area contributed by atoms with Gasteiger partial charge in [0.25, 0.3) is 0 Å². The highest BCUT2D eigenvalue weighted by molar-refractivity contribution is 6.29. The maximum Gasteiger partial charge on any atom is 0.161 e. The van der Waals surface area contributed by atoms with Crippen molar-refractivity contribution >= 4 is 17.2 Å². The number of aromatic nitrogens is 3. The van der Waals surface area contributed by atoms with Crippen LogP contribution in [0.4, 0.5) is 4.39 Å². The van der Waals surface area contributed by atoms with Gasteiger partial charge in [-0.15, -0.1) is 10.2 Å². The Morgan fingerprint density at radius 2 is 1.94 bits per heavy atom. The highest BCUT2D eigenvalue weighted by Gasteiger charge is 2.09. The number of benzene rings is 1. The van der Waals surface area contributed by atoms with E-state index in [2.05, 4.69) is 10.2 Å². The maximum atomic E-state index is 13.1. The first kappa shape index (κ1) is 11.2. The molecule has 0 atom stereocenters. The summed E-state index contributed by atoms with van der Waals surface area (Å²) in [6, 6.07) is 11.8. The number of pyridine rings is 1. The molecule has 18 heavy (non-hydrogen) atoms. The van der Waals surface area contributed by atoms with Gasteiger partial charge in [-0.2, -0.15) is 0 Å². The van der Waals surface area contributed by atoms with Gasteiger partial charge in [0.2, 0.25) is 0 Å². The summed E-state index contributed by atoms with van der Waals surface area (Å²) in [5.41, 5.74) is 1.53. The van der Waals surface area contributed by atoms with Crippen molar-refractivity contribution in [2.45, 2.75) is 6.42 Å². The molecule has 2 aromatic heterocycles. The number of hydrogen-bond donors (Lipinski definition) is 0. The Bertz CT molecular complexity index is 708. The third-order valence-electron chi connectivity index (χ3n) is 2.70. The highest BCUT2D eigenvalue weighted by Crippen LogP contribution is 2.16. The zero-order valence-electron chi connectivity index (χ0n) is 9.35. The summed E-state index contributed by atoms with van der Waals surface area (Å²) in [5, 5.41) is 8.67. The summed E-state index contributed by atoms with van der Waals surface area (Å²) in [6.45, 7) is 0. The summed E-state index contributed by atoms with van der Waals surface area (Å²) in [7, 11) is 0. The van der Waals surface area contributed by atoms with E-state index in [1.165, 1.54) is 12.1 Å². The van der Waals surface area contributed by atoms with Crippen LogP contribution in [0.5, 0.6) is 0 Å². The molecular formula is C13H9ClFN3. The Morgan fingerprint density at radius 1 is 1.11 bits per heavy atom. The van der Waals surface area contributed by atoms with Gasteiger partial charge in [-0.05, 0) is 29.8 Å². The van der Waals surface area contributed by atoms with Crippen molar-refractivity contribution in [1.82, 2.24) is 14.6 Å². The minimum Gasteiger partial charge on any atom is -0.269 e. The molecule has 0 N–H and O–H groups in total. The van der Waals surface area contributed by atoms with Gasteiger partial charge in [0.05, 0.1) is 0 Å². The van der Waals surface area contributed by atoms with Crippen LogP contribution in [0.3, 0.4) is 0 Å². The fourth-order valence-electron chi connectivity index (χ4n) is 1.90. The fourth-order valence-corrected chi connectivity index (χ4v) is 2.16. The minimum absolute atomic E-state index is 0.257. The number of hydrogen-bond acceptors (Lipinski definition) is 2. The quantitative estimate of drug-likeness (QED) is 0.664. The van der Waals surface area contributed by atoms with E-state index in [1.54, 1.807) is 16.5 Å². The summed E-state index contributed by atoms with van der Waals surface area (Å²) in [6.07, 6.45) is 0.489. The van der Waals surface area contributed by atoms with E-state index in [9.17, 15) is 4.39 Å². The minimum atomic E-state index is -0.257. The number of halogens is 2. The lowest BCUT2D eigenvalue weighted by Crippen LogP contribution is -1.97. The van der Waals surface area contributed by atoms with Crippen LogP contribution in [0.15, 0.2) is 42.5 Å². The third kappa shape index (κ3) is 1.95. The van der Waals surface area contributed by atoms with Gasteiger partial charge in [0.15, 0.2) is 5.65 Å². The van der Waals surface area contributed by atoms with Crippen LogP contribution in [0.1, 0.15) is 11.4 Å². The molecule has 0 radical (unpaired) electrons. The van der Waals surface area contributed by atoms with E-state index in [-0.39, 0.29) is 5.82 Å². The van der Waals surface area contributed by atoms with E-state index in [4.69, 9.17) is 11.6 Å². The molecule has 3 aromatic rings. The summed E-state index contributed by atoms with van der Waals surface area (Å²) < 4.78 is 14.9. The van der Waals surface area contributed by atoms with Gasteiger partial charge in [0.1, 0.15) is 16.8 Å². The Kier molecular flexibility index (Phi) is 2.72. The van der Waals surface area contributed by atoms with Gasteiger partial charge in [-0.25, -0.2) is 4.39 Å². The number of rotatable bonds is 2. The molecule has 2 heterocycles. The van der Waals surface area contributed by atoms with Crippen molar-refractivity contribution in [3.8, 4) is 0 Å². The molecule has 0 aliphatic heterocycles. The van der Waals surface area contributed by atoms with Crippen molar-refractivity contribution in [2.75, 3.05) is 0 Å². The Morgan fingerprint density at radius 3 is 2.78 bits per heavy atom. The zero-order valence-corrected chi connectivity index (χ0v) is 10.1. The summed E-state index contributed by atoms with van der Waals surface area (Å²) >= 11 is 6.11. The van der Waals surface area contributed by atoms with Crippen molar-refractivity contribution in [1.29, 1.82) is 0 Å². The second-order valence-electron chi connectivity index (χ2n) is 3.97. The van der Waals surface area contributed by atoms with Gasteiger partial charge in [-0.1, -0.05) is 29.8 Å². The number of fused-ring (bicyclic) bond motifs is 1. The van der Waals surface area contributed by atoms with Gasteiger partial charge in [0, 0.05) is 6.42 Å². The Balaban J connectivity index is 2.05. The Labute approximate surface area is 108 Å². The predicted molar refractivity (Wildman–Crippen MR) is 67.2 cm³/mol. The fraction of sp³-hybridized carbons (Fsp3) is 0.0769. The van der Waals surface area contributed by atoms with Crippen LogP contribution < -0.4 is 0 Å². The van der Waals surface area contributed by atoms with Crippen LogP contribution >= 0.6 is 11.6 Å². The van der Waals surface area contributed by atoms with E-state index in [1.807, 2.05) is 18.2 Å². The normalized spacial score (nSPS) is 11.0. The topological polar surface area (TPSA) is 30.2 Å². The first-order chi connectivity index (χ1) is 8.74. The second-order valence-corrected chi connectivity index (χ2v) is 4.35. The molecule has 1 aromatic carbocycles. The lowest BCUT2D eigenvalue weighted by Gasteiger charge is -2.02. The van der Waals surface area contributed by atoms with Crippen molar-refractivity contribution < 1.29 is 4.39 Å². The third-order valence-corrected chi connectivity index (χ3v) is 2.99. The standard InChI is InChI=1S/C13H9ClFN3/c14-11-5-2-6-12-16-17-13(18(11)12)8-9-3-1-4-10(15)7-9/h1-7H,8H2. The molecule has 3 nitrogen and oxygen atoms in total. The molecule has 0 spiro atoms. The van der Waals surface area contributed by atoms with Crippen LogP contribution in [-0.4, -0.2) is 14.6 Å². The molecule has 0 saturated carbocycles.